The highest BCUT2D eigenvalue weighted by Gasteiger charge is 1.93. The smallest absolute Gasteiger partial charge is 0.0656 e. The van der Waals surface area contributed by atoms with Crippen molar-refractivity contribution < 1.29 is 0 Å². The van der Waals surface area contributed by atoms with Gasteiger partial charge < -0.3 is 0 Å². The van der Waals surface area contributed by atoms with Crippen LogP contribution in [0.3, 0.4) is 0 Å². The topological polar surface area (TPSA) is 23.8 Å². The molecule has 1 unspecified atom stereocenters. The van der Waals surface area contributed by atoms with Crippen LogP contribution < -0.4 is 0 Å². The molecule has 0 radical (unpaired) electrons. The van der Waals surface area contributed by atoms with E-state index >= 15 is 0 Å². The summed E-state index contributed by atoms with van der Waals surface area (Å²) >= 11 is 0. The molecule has 12 heavy (non-hydrogen) atoms. The number of nitriles is 1. The van der Waals surface area contributed by atoms with Crippen LogP contribution >= 0.6 is 0 Å². The summed E-state index contributed by atoms with van der Waals surface area (Å²) in [6.45, 7) is 7.67. The predicted octanol–water partition coefficient (Wildman–Crippen LogP) is 3.22. The first-order valence-electron chi connectivity index (χ1n) is 4.08. The molecule has 0 saturated carbocycles. The van der Waals surface area contributed by atoms with E-state index in [9.17, 15) is 0 Å². The third kappa shape index (κ3) is 5.49. The third-order valence-corrected chi connectivity index (χ3v) is 1.42. The second kappa shape index (κ2) is 6.42. The van der Waals surface area contributed by atoms with Crippen molar-refractivity contribution in [2.45, 2.75) is 20.3 Å². The first kappa shape index (κ1) is 10.7. The zero-order valence-corrected chi connectivity index (χ0v) is 7.75. The van der Waals surface area contributed by atoms with Gasteiger partial charge in [-0.15, -0.1) is 0 Å². The van der Waals surface area contributed by atoms with Crippen LogP contribution in [0.1, 0.15) is 20.3 Å². The minimum atomic E-state index is 0.0969. The van der Waals surface area contributed by atoms with Gasteiger partial charge in [-0.2, -0.15) is 5.26 Å². The van der Waals surface area contributed by atoms with Crippen LogP contribution in [0.2, 0.25) is 0 Å². The lowest BCUT2D eigenvalue weighted by Crippen LogP contribution is -1.84. The van der Waals surface area contributed by atoms with Crippen LogP contribution in [-0.4, -0.2) is 0 Å². The van der Waals surface area contributed by atoms with Gasteiger partial charge in [-0.05, 0) is 25.8 Å². The van der Waals surface area contributed by atoms with E-state index in [0.717, 1.165) is 12.0 Å². The van der Waals surface area contributed by atoms with E-state index in [1.165, 1.54) is 0 Å². The SMILES string of the molecule is C=C(/C=C\C)/C=C\CC(C)C#N. The molecule has 0 spiro atoms. The Morgan fingerprint density at radius 2 is 2.25 bits per heavy atom. The highest BCUT2D eigenvalue weighted by atomic mass is 14.2. The molecule has 0 aliphatic carbocycles. The van der Waals surface area contributed by atoms with Crippen LogP contribution in [0.15, 0.2) is 36.5 Å². The monoisotopic (exact) mass is 161 g/mol. The van der Waals surface area contributed by atoms with Gasteiger partial charge in [-0.3, -0.25) is 0 Å². The Hall–Kier alpha value is -1.29. The molecule has 0 aromatic carbocycles. The van der Waals surface area contributed by atoms with Crippen molar-refractivity contribution in [3.8, 4) is 6.07 Å². The van der Waals surface area contributed by atoms with Crippen LogP contribution in [0.5, 0.6) is 0 Å². The number of rotatable bonds is 4. The number of allylic oxidation sites excluding steroid dienone is 5. The Morgan fingerprint density at radius 3 is 2.75 bits per heavy atom. The van der Waals surface area contributed by atoms with E-state index in [-0.39, 0.29) is 5.92 Å². The lowest BCUT2D eigenvalue weighted by Gasteiger charge is -1.93. The van der Waals surface area contributed by atoms with Gasteiger partial charge in [0.2, 0.25) is 0 Å². The van der Waals surface area contributed by atoms with E-state index in [1.807, 2.05) is 38.2 Å². The zero-order valence-electron chi connectivity index (χ0n) is 7.75. The Morgan fingerprint density at radius 1 is 1.58 bits per heavy atom. The second-order valence-electron chi connectivity index (χ2n) is 2.74. The molecular formula is C11H15N. The highest BCUT2D eigenvalue weighted by Crippen LogP contribution is 2.03. The zero-order chi connectivity index (χ0) is 9.40. The lowest BCUT2D eigenvalue weighted by atomic mass is 10.1. The molecule has 0 aliphatic rings. The Kier molecular flexibility index (Phi) is 5.73. The van der Waals surface area contributed by atoms with Gasteiger partial charge in [0.05, 0.1) is 6.07 Å². The first-order chi connectivity index (χ1) is 5.70. The number of nitrogens with zero attached hydrogens (tertiary/aromatic N) is 1. The average molecular weight is 161 g/mol. The first-order valence-corrected chi connectivity index (χ1v) is 4.08. The van der Waals surface area contributed by atoms with Crippen molar-refractivity contribution >= 4 is 0 Å². The van der Waals surface area contributed by atoms with E-state index in [1.54, 1.807) is 0 Å². The molecule has 0 aromatic heterocycles. The Bertz CT molecular complexity index is 228. The maximum absolute atomic E-state index is 8.48. The van der Waals surface area contributed by atoms with Gasteiger partial charge in [-0.1, -0.05) is 30.9 Å². The van der Waals surface area contributed by atoms with Crippen molar-refractivity contribution in [1.29, 1.82) is 5.26 Å². The summed E-state index contributed by atoms with van der Waals surface area (Å²) in [7, 11) is 0. The summed E-state index contributed by atoms with van der Waals surface area (Å²) in [5.41, 5.74) is 0.975. The Balaban J connectivity index is 3.78. The summed E-state index contributed by atoms with van der Waals surface area (Å²) < 4.78 is 0. The molecule has 0 rings (SSSR count). The quantitative estimate of drug-likeness (QED) is 0.581. The van der Waals surface area contributed by atoms with Crippen molar-refractivity contribution in [3.63, 3.8) is 0 Å². The number of hydrogen-bond donors (Lipinski definition) is 0. The predicted molar refractivity (Wildman–Crippen MR) is 52.5 cm³/mol. The van der Waals surface area contributed by atoms with Gasteiger partial charge in [0.1, 0.15) is 0 Å². The molecular weight excluding hydrogens is 146 g/mol. The molecule has 0 amide bonds. The Labute approximate surface area is 74.7 Å². The van der Waals surface area contributed by atoms with E-state index in [4.69, 9.17) is 5.26 Å². The fourth-order valence-electron chi connectivity index (χ4n) is 0.746. The third-order valence-electron chi connectivity index (χ3n) is 1.42. The molecule has 1 atom stereocenters. The molecule has 1 heteroatoms. The van der Waals surface area contributed by atoms with E-state index in [0.29, 0.717) is 0 Å². The van der Waals surface area contributed by atoms with Gasteiger partial charge in [0, 0.05) is 5.92 Å². The van der Waals surface area contributed by atoms with Crippen LogP contribution in [0.4, 0.5) is 0 Å². The maximum atomic E-state index is 8.48. The van der Waals surface area contributed by atoms with Crippen molar-refractivity contribution in [1.82, 2.24) is 0 Å². The van der Waals surface area contributed by atoms with Crippen LogP contribution in [-0.2, 0) is 0 Å². The molecule has 0 bridgehead atoms. The minimum absolute atomic E-state index is 0.0969. The molecule has 0 fully saturated rings. The second-order valence-corrected chi connectivity index (χ2v) is 2.74. The van der Waals surface area contributed by atoms with Crippen LogP contribution in [0.25, 0.3) is 0 Å². The van der Waals surface area contributed by atoms with Crippen molar-refractivity contribution in [3.05, 3.63) is 36.5 Å². The molecule has 0 N–H and O–H groups in total. The van der Waals surface area contributed by atoms with Gasteiger partial charge in [0.15, 0.2) is 0 Å². The highest BCUT2D eigenvalue weighted by molar-refractivity contribution is 5.26. The molecule has 0 saturated heterocycles. The van der Waals surface area contributed by atoms with Gasteiger partial charge in [-0.25, -0.2) is 0 Å². The summed E-state index contributed by atoms with van der Waals surface area (Å²) in [6.07, 6.45) is 8.60. The number of hydrogen-bond acceptors (Lipinski definition) is 1. The maximum Gasteiger partial charge on any atom is 0.0656 e. The minimum Gasteiger partial charge on any atom is -0.198 e. The van der Waals surface area contributed by atoms with Crippen molar-refractivity contribution in [2.24, 2.45) is 5.92 Å². The van der Waals surface area contributed by atoms with Crippen molar-refractivity contribution in [2.75, 3.05) is 0 Å². The van der Waals surface area contributed by atoms with E-state index in [2.05, 4.69) is 12.6 Å². The molecule has 1 nitrogen and oxygen atoms in total. The normalized spacial score (nSPS) is 13.4. The molecule has 64 valence electrons. The molecule has 0 heterocycles. The average Bonchev–Trinajstić information content (AvgIpc) is 2.04. The summed E-state index contributed by atoms with van der Waals surface area (Å²) in [6, 6.07) is 2.17. The fourth-order valence-corrected chi connectivity index (χ4v) is 0.746. The summed E-state index contributed by atoms with van der Waals surface area (Å²) in [5, 5.41) is 8.48. The van der Waals surface area contributed by atoms with Crippen LogP contribution in [0, 0.1) is 17.2 Å². The summed E-state index contributed by atoms with van der Waals surface area (Å²) in [4.78, 5) is 0. The largest absolute Gasteiger partial charge is 0.198 e. The van der Waals surface area contributed by atoms with Gasteiger partial charge in [0.25, 0.3) is 0 Å². The van der Waals surface area contributed by atoms with Gasteiger partial charge >= 0.3 is 0 Å². The van der Waals surface area contributed by atoms with E-state index < -0.39 is 0 Å². The standard InChI is InChI=1S/C11H15N/c1-4-6-10(2)7-5-8-11(3)9-12/h4-7,11H,2,8H2,1,3H3/b6-4-,7-5-. The summed E-state index contributed by atoms with van der Waals surface area (Å²) in [5.74, 6) is 0.0969. The molecule has 0 aliphatic heterocycles. The fraction of sp³-hybridized carbons (Fsp3) is 0.364. The lowest BCUT2D eigenvalue weighted by molar-refractivity contribution is 0.760. The molecule has 0 aromatic rings.